The van der Waals surface area contributed by atoms with Crippen LogP contribution in [0.3, 0.4) is 0 Å². The van der Waals surface area contributed by atoms with Crippen molar-refractivity contribution in [3.05, 3.63) is 138 Å². The summed E-state index contributed by atoms with van der Waals surface area (Å²) in [6.07, 6.45) is 3.98. The number of carbonyl (C=O) groups excluding carboxylic acids is 3. The summed E-state index contributed by atoms with van der Waals surface area (Å²) in [7, 11) is 0. The maximum absolute atomic E-state index is 14.1. The monoisotopic (exact) mass is 803 g/mol. The third kappa shape index (κ3) is 11.4. The number of carbonyl (C=O) groups is 3. The molecule has 308 valence electrons. The van der Waals surface area contributed by atoms with Gasteiger partial charge < -0.3 is 19.9 Å². The van der Waals surface area contributed by atoms with Crippen LogP contribution in [0.4, 0.5) is 13.2 Å². The second-order valence-electron chi connectivity index (χ2n) is 16.1. The van der Waals surface area contributed by atoms with Crippen molar-refractivity contribution in [1.82, 2.24) is 15.1 Å². The van der Waals surface area contributed by atoms with Crippen molar-refractivity contribution in [3.63, 3.8) is 0 Å². The lowest BCUT2D eigenvalue weighted by Crippen LogP contribution is -2.38. The number of nitrogens with zero attached hydrogens (tertiary/aromatic N) is 2. The van der Waals surface area contributed by atoms with Gasteiger partial charge in [0.2, 0.25) is 5.91 Å². The minimum absolute atomic E-state index is 0.0468. The number of amides is 2. The van der Waals surface area contributed by atoms with E-state index < -0.39 is 12.1 Å². The molecule has 0 atom stereocenters. The SMILES string of the molecule is O=C(Cc1ccc2ccccc2c1)N(CCc1ccc(OC(=O)C(F)(F)F)cc1)Cc1cccc(-c2ccccc2C(=O)N2CCC(CCCC3CCNCC3)CC2)c1. The molecule has 2 saturated heterocycles. The number of fused-ring (bicyclic) bond motifs is 1. The Bertz CT molecular complexity index is 2210. The summed E-state index contributed by atoms with van der Waals surface area (Å²) < 4.78 is 42.6. The van der Waals surface area contributed by atoms with E-state index in [0.29, 0.717) is 31.0 Å². The lowest BCUT2D eigenvalue weighted by molar-refractivity contribution is -0.189. The molecule has 0 saturated carbocycles. The molecule has 5 aromatic carbocycles. The number of halogens is 3. The molecule has 0 aromatic heterocycles. The second kappa shape index (κ2) is 19.5. The molecular formula is C49H52F3N3O4. The highest BCUT2D eigenvalue weighted by molar-refractivity contribution is 6.01. The van der Waals surface area contributed by atoms with Crippen LogP contribution in [0.25, 0.3) is 21.9 Å². The highest BCUT2D eigenvalue weighted by Gasteiger charge is 2.41. The van der Waals surface area contributed by atoms with Gasteiger partial charge in [-0.3, -0.25) is 9.59 Å². The zero-order valence-electron chi connectivity index (χ0n) is 33.4. The summed E-state index contributed by atoms with van der Waals surface area (Å²) in [6.45, 7) is 4.46. The summed E-state index contributed by atoms with van der Waals surface area (Å²) in [4.78, 5) is 43.2. The van der Waals surface area contributed by atoms with Gasteiger partial charge >= 0.3 is 12.1 Å². The predicted octanol–water partition coefficient (Wildman–Crippen LogP) is 9.81. The van der Waals surface area contributed by atoms with E-state index in [-0.39, 0.29) is 24.0 Å². The van der Waals surface area contributed by atoms with Gasteiger partial charge in [-0.2, -0.15) is 13.2 Å². The predicted molar refractivity (Wildman–Crippen MR) is 225 cm³/mol. The van der Waals surface area contributed by atoms with Crippen molar-refractivity contribution in [2.24, 2.45) is 11.8 Å². The molecule has 2 heterocycles. The summed E-state index contributed by atoms with van der Waals surface area (Å²) >= 11 is 0. The fraction of sp³-hybridized carbons (Fsp3) is 0.367. The first-order chi connectivity index (χ1) is 28.6. The smallest absolute Gasteiger partial charge is 0.420 e. The molecule has 0 radical (unpaired) electrons. The summed E-state index contributed by atoms with van der Waals surface area (Å²) in [5.74, 6) is -0.999. The number of esters is 1. The molecule has 2 aliphatic rings. The highest BCUT2D eigenvalue weighted by Crippen LogP contribution is 2.30. The van der Waals surface area contributed by atoms with Crippen LogP contribution in [0.15, 0.2) is 115 Å². The Hall–Kier alpha value is -5.48. The van der Waals surface area contributed by atoms with Crippen molar-refractivity contribution >= 4 is 28.6 Å². The number of rotatable bonds is 14. The van der Waals surface area contributed by atoms with E-state index >= 15 is 0 Å². The fourth-order valence-electron chi connectivity index (χ4n) is 8.52. The van der Waals surface area contributed by atoms with Crippen molar-refractivity contribution in [3.8, 4) is 16.9 Å². The summed E-state index contributed by atoms with van der Waals surface area (Å²) in [5.41, 5.74) is 4.97. The van der Waals surface area contributed by atoms with E-state index in [4.69, 9.17) is 0 Å². The number of benzene rings is 5. The largest absolute Gasteiger partial charge is 0.491 e. The topological polar surface area (TPSA) is 79.0 Å². The van der Waals surface area contributed by atoms with Crippen LogP contribution in [-0.2, 0) is 29.0 Å². The van der Waals surface area contributed by atoms with Crippen LogP contribution in [0.2, 0.25) is 0 Å². The maximum atomic E-state index is 14.1. The van der Waals surface area contributed by atoms with E-state index in [9.17, 15) is 27.6 Å². The number of likely N-dealkylation sites (tertiary alicyclic amines) is 1. The molecule has 1 N–H and O–H groups in total. The Morgan fingerprint density at radius 1 is 0.712 bits per heavy atom. The van der Waals surface area contributed by atoms with Crippen molar-refractivity contribution in [2.45, 2.75) is 70.5 Å². The first kappa shape index (κ1) is 41.7. The molecule has 2 fully saturated rings. The van der Waals surface area contributed by atoms with E-state index in [1.54, 1.807) is 17.0 Å². The Morgan fingerprint density at radius 2 is 1.39 bits per heavy atom. The number of ether oxygens (including phenoxy) is 1. The first-order valence-electron chi connectivity index (χ1n) is 20.9. The van der Waals surface area contributed by atoms with Gasteiger partial charge in [0.05, 0.1) is 6.42 Å². The molecule has 2 amide bonds. The van der Waals surface area contributed by atoms with Gasteiger partial charge in [-0.15, -0.1) is 0 Å². The van der Waals surface area contributed by atoms with Crippen molar-refractivity contribution < 1.29 is 32.3 Å². The lowest BCUT2D eigenvalue weighted by Gasteiger charge is -2.33. The van der Waals surface area contributed by atoms with Gasteiger partial charge in [-0.1, -0.05) is 110 Å². The van der Waals surface area contributed by atoms with Crippen LogP contribution >= 0.6 is 0 Å². The molecule has 0 unspecified atom stereocenters. The Morgan fingerprint density at radius 3 is 2.14 bits per heavy atom. The average Bonchev–Trinajstić information content (AvgIpc) is 3.25. The first-order valence-corrected chi connectivity index (χ1v) is 20.9. The zero-order valence-corrected chi connectivity index (χ0v) is 33.4. The molecular weight excluding hydrogens is 752 g/mol. The van der Waals surface area contributed by atoms with E-state index in [2.05, 4.69) is 10.1 Å². The van der Waals surface area contributed by atoms with Gasteiger partial charge in [-0.05, 0) is 120 Å². The highest BCUT2D eigenvalue weighted by atomic mass is 19.4. The third-order valence-electron chi connectivity index (χ3n) is 11.9. The molecule has 10 heteroatoms. The summed E-state index contributed by atoms with van der Waals surface area (Å²) in [6, 6.07) is 35.5. The number of hydrogen-bond donors (Lipinski definition) is 1. The van der Waals surface area contributed by atoms with Gasteiger partial charge in [0.1, 0.15) is 5.75 Å². The Kier molecular flexibility index (Phi) is 13.8. The number of piperidine rings is 2. The van der Waals surface area contributed by atoms with Crippen molar-refractivity contribution in [2.75, 3.05) is 32.7 Å². The van der Waals surface area contributed by atoms with E-state index in [0.717, 1.165) is 83.5 Å². The van der Waals surface area contributed by atoms with Gasteiger partial charge in [0.25, 0.3) is 5.91 Å². The molecule has 5 aromatic rings. The third-order valence-corrected chi connectivity index (χ3v) is 11.9. The number of nitrogens with one attached hydrogen (secondary N) is 1. The molecule has 0 bridgehead atoms. The second-order valence-corrected chi connectivity index (χ2v) is 16.1. The van der Waals surface area contributed by atoms with Crippen molar-refractivity contribution in [1.29, 1.82) is 0 Å². The van der Waals surface area contributed by atoms with Crippen LogP contribution in [0.5, 0.6) is 5.75 Å². The normalized spacial score (nSPS) is 15.3. The van der Waals surface area contributed by atoms with Crippen LogP contribution in [0, 0.1) is 11.8 Å². The maximum Gasteiger partial charge on any atom is 0.491 e. The quantitative estimate of drug-likeness (QED) is 0.0894. The Labute approximate surface area is 344 Å². The van der Waals surface area contributed by atoms with Gasteiger partial charge in [0.15, 0.2) is 0 Å². The van der Waals surface area contributed by atoms with Gasteiger partial charge in [-0.25, -0.2) is 4.79 Å². The minimum atomic E-state index is -5.09. The minimum Gasteiger partial charge on any atom is -0.420 e. The van der Waals surface area contributed by atoms with E-state index in [1.807, 2.05) is 95.9 Å². The molecule has 7 nitrogen and oxygen atoms in total. The van der Waals surface area contributed by atoms with Crippen LogP contribution in [0.1, 0.15) is 72.0 Å². The number of alkyl halides is 3. The molecule has 59 heavy (non-hydrogen) atoms. The van der Waals surface area contributed by atoms with E-state index in [1.165, 1.54) is 44.2 Å². The molecule has 0 spiro atoms. The number of hydrogen-bond acceptors (Lipinski definition) is 5. The zero-order chi connectivity index (χ0) is 41.2. The fourth-order valence-corrected chi connectivity index (χ4v) is 8.52. The lowest BCUT2D eigenvalue weighted by atomic mass is 9.87. The van der Waals surface area contributed by atoms with Gasteiger partial charge in [0, 0.05) is 31.7 Å². The summed E-state index contributed by atoms with van der Waals surface area (Å²) in [5, 5.41) is 5.59. The molecule has 0 aliphatic carbocycles. The average molecular weight is 804 g/mol. The van der Waals surface area contributed by atoms with Crippen LogP contribution < -0.4 is 10.1 Å². The Balaban J connectivity index is 1.03. The molecule has 7 rings (SSSR count). The standard InChI is InChI=1S/C49H52F3N3O4/c50-49(51,52)48(58)59-43-19-16-37(17-20-43)25-30-55(46(56)33-38-15-18-40-10-1-2-11-41(40)31-38)34-39-9-6-12-42(32-39)44-13-3-4-14-45(44)47(57)54-28-23-36(24-29-54)8-5-7-35-21-26-53-27-22-35/h1-4,6,9-20,31-32,35-36,53H,5,7-8,21-30,33-34H2. The molecule has 2 aliphatic heterocycles. The van der Waals surface area contributed by atoms with Crippen LogP contribution in [-0.4, -0.2) is 66.5 Å².